The lowest BCUT2D eigenvalue weighted by Gasteiger charge is -2.12. The van der Waals surface area contributed by atoms with Crippen molar-refractivity contribution in [2.24, 2.45) is 5.73 Å². The molecule has 17 heavy (non-hydrogen) atoms. The Bertz CT molecular complexity index is 480. The van der Waals surface area contributed by atoms with Gasteiger partial charge < -0.3 is 11.1 Å². The minimum atomic E-state index is -0.993. The number of nitrogens with two attached hydrogens (primary N) is 1. The molecule has 1 aromatic rings. The summed E-state index contributed by atoms with van der Waals surface area (Å²) in [5, 5.41) is 2.28. The maximum absolute atomic E-state index is 13.3. The molecule has 4 nitrogen and oxygen atoms in total. The van der Waals surface area contributed by atoms with Crippen LogP contribution in [-0.4, -0.2) is 17.9 Å². The summed E-state index contributed by atoms with van der Waals surface area (Å²) in [7, 11) is 0. The number of benzene rings is 1. The Morgan fingerprint density at radius 1 is 1.47 bits per heavy atom. The normalized spacial score (nSPS) is 11.3. The van der Waals surface area contributed by atoms with Gasteiger partial charge in [-0.3, -0.25) is 9.59 Å². The third-order valence-corrected chi connectivity index (χ3v) is 2.09. The van der Waals surface area contributed by atoms with E-state index in [4.69, 9.17) is 12.2 Å². The molecule has 0 saturated heterocycles. The van der Waals surface area contributed by atoms with Gasteiger partial charge >= 0.3 is 0 Å². The Hall–Kier alpha value is -2.35. The molecule has 3 N–H and O–H groups in total. The topological polar surface area (TPSA) is 72.2 Å². The number of halogens is 1. The molecule has 1 aromatic carbocycles. The van der Waals surface area contributed by atoms with E-state index in [-0.39, 0.29) is 12.0 Å². The number of carbonyl (C=O) groups is 2. The van der Waals surface area contributed by atoms with Crippen LogP contribution in [0.25, 0.3) is 0 Å². The van der Waals surface area contributed by atoms with Crippen molar-refractivity contribution in [1.29, 1.82) is 0 Å². The predicted molar refractivity (Wildman–Crippen MR) is 60.3 cm³/mol. The summed E-state index contributed by atoms with van der Waals surface area (Å²) in [4.78, 5) is 22.6. The highest BCUT2D eigenvalue weighted by molar-refractivity contribution is 5.97. The first kappa shape index (κ1) is 12.7. The van der Waals surface area contributed by atoms with Crippen molar-refractivity contribution in [3.63, 3.8) is 0 Å². The molecule has 1 atom stereocenters. The van der Waals surface area contributed by atoms with Gasteiger partial charge in [-0.2, -0.15) is 0 Å². The molecule has 0 spiro atoms. The largest absolute Gasteiger partial charge is 0.368 e. The van der Waals surface area contributed by atoms with Gasteiger partial charge in [-0.25, -0.2) is 4.39 Å². The monoisotopic (exact) mass is 234 g/mol. The summed E-state index contributed by atoms with van der Waals surface area (Å²) in [5.41, 5.74) is 4.89. The first-order valence-corrected chi connectivity index (χ1v) is 4.84. The zero-order valence-electron chi connectivity index (χ0n) is 8.94. The molecule has 1 rings (SSSR count). The number of hydrogen-bond acceptors (Lipinski definition) is 2. The quantitative estimate of drug-likeness (QED) is 0.742. The second-order valence-corrected chi connectivity index (χ2v) is 3.32. The van der Waals surface area contributed by atoms with Gasteiger partial charge in [0.2, 0.25) is 5.91 Å². The van der Waals surface area contributed by atoms with Crippen LogP contribution >= 0.6 is 0 Å². The zero-order valence-corrected chi connectivity index (χ0v) is 8.94. The lowest BCUT2D eigenvalue weighted by Crippen LogP contribution is -2.44. The Morgan fingerprint density at radius 2 is 2.12 bits per heavy atom. The Labute approximate surface area is 98.0 Å². The van der Waals surface area contributed by atoms with Gasteiger partial charge in [0.05, 0.1) is 5.56 Å². The summed E-state index contributed by atoms with van der Waals surface area (Å²) in [6, 6.07) is 4.43. The van der Waals surface area contributed by atoms with E-state index in [9.17, 15) is 14.0 Å². The third-order valence-electron chi connectivity index (χ3n) is 2.09. The van der Waals surface area contributed by atoms with Crippen LogP contribution in [0, 0.1) is 18.2 Å². The van der Waals surface area contributed by atoms with E-state index in [1.165, 1.54) is 18.2 Å². The summed E-state index contributed by atoms with van der Waals surface area (Å²) < 4.78 is 13.3. The van der Waals surface area contributed by atoms with Gasteiger partial charge in [0, 0.05) is 6.42 Å². The van der Waals surface area contributed by atoms with Crippen molar-refractivity contribution in [3.05, 3.63) is 35.6 Å². The lowest BCUT2D eigenvalue weighted by molar-refractivity contribution is -0.119. The van der Waals surface area contributed by atoms with E-state index in [1.807, 2.05) is 0 Å². The lowest BCUT2D eigenvalue weighted by atomic mass is 10.1. The first-order chi connectivity index (χ1) is 8.06. The highest BCUT2D eigenvalue weighted by Crippen LogP contribution is 2.06. The summed E-state index contributed by atoms with van der Waals surface area (Å²) in [6.45, 7) is 0. The number of terminal acetylenes is 1. The number of rotatable bonds is 4. The minimum Gasteiger partial charge on any atom is -0.368 e. The molecule has 0 aromatic heterocycles. The molecular weight excluding hydrogens is 223 g/mol. The van der Waals surface area contributed by atoms with E-state index in [0.717, 1.165) is 6.07 Å². The number of carbonyl (C=O) groups excluding carboxylic acids is 2. The summed E-state index contributed by atoms with van der Waals surface area (Å²) in [5.74, 6) is 0.0619. The molecule has 88 valence electrons. The fourth-order valence-corrected chi connectivity index (χ4v) is 1.22. The third kappa shape index (κ3) is 3.31. The SMILES string of the molecule is C#CC[C@H](NC(=O)c1ccccc1F)C(N)=O. The van der Waals surface area contributed by atoms with E-state index >= 15 is 0 Å². The van der Waals surface area contributed by atoms with Crippen molar-refractivity contribution in [3.8, 4) is 12.3 Å². The Morgan fingerprint density at radius 3 is 2.65 bits per heavy atom. The molecule has 0 saturated carbocycles. The number of nitrogens with one attached hydrogen (secondary N) is 1. The summed E-state index contributed by atoms with van der Waals surface area (Å²) in [6.07, 6.45) is 5.00. The van der Waals surface area contributed by atoms with E-state index < -0.39 is 23.7 Å². The summed E-state index contributed by atoms with van der Waals surface area (Å²) >= 11 is 0. The Balaban J connectivity index is 2.82. The number of primary amides is 1. The Kier molecular flexibility index (Phi) is 4.23. The van der Waals surface area contributed by atoms with Gasteiger partial charge in [0.1, 0.15) is 11.9 Å². The van der Waals surface area contributed by atoms with Gasteiger partial charge in [-0.15, -0.1) is 12.3 Å². The maximum atomic E-state index is 13.3. The van der Waals surface area contributed by atoms with Gasteiger partial charge in [0.25, 0.3) is 5.91 Å². The fraction of sp³-hybridized carbons (Fsp3) is 0.167. The molecule has 5 heteroatoms. The van der Waals surface area contributed by atoms with Crippen molar-refractivity contribution in [1.82, 2.24) is 5.32 Å². The highest BCUT2D eigenvalue weighted by Gasteiger charge is 2.19. The molecule has 0 radical (unpaired) electrons. The van der Waals surface area contributed by atoms with Crippen LogP contribution in [0.15, 0.2) is 24.3 Å². The van der Waals surface area contributed by atoms with E-state index in [1.54, 1.807) is 0 Å². The first-order valence-electron chi connectivity index (χ1n) is 4.84. The molecular formula is C12H11FN2O2. The molecule has 0 bridgehead atoms. The maximum Gasteiger partial charge on any atom is 0.254 e. The number of hydrogen-bond donors (Lipinski definition) is 2. The van der Waals surface area contributed by atoms with Crippen LogP contribution in [0.5, 0.6) is 0 Å². The van der Waals surface area contributed by atoms with Crippen LogP contribution in [0.3, 0.4) is 0 Å². The smallest absolute Gasteiger partial charge is 0.254 e. The minimum absolute atomic E-state index is 0.0322. The second-order valence-electron chi connectivity index (χ2n) is 3.32. The standard InChI is InChI=1S/C12H11FN2O2/c1-2-5-10(11(14)16)15-12(17)8-6-3-4-7-9(8)13/h1,3-4,6-7,10H,5H2,(H2,14,16)(H,15,17)/t10-/m0/s1. The van der Waals surface area contributed by atoms with Crippen molar-refractivity contribution >= 4 is 11.8 Å². The average molecular weight is 234 g/mol. The molecule has 2 amide bonds. The van der Waals surface area contributed by atoms with Crippen LogP contribution in [0.4, 0.5) is 4.39 Å². The van der Waals surface area contributed by atoms with Crippen LogP contribution in [-0.2, 0) is 4.79 Å². The fourth-order valence-electron chi connectivity index (χ4n) is 1.22. The van der Waals surface area contributed by atoms with Gasteiger partial charge in [0.15, 0.2) is 0 Å². The van der Waals surface area contributed by atoms with Crippen molar-refractivity contribution < 1.29 is 14.0 Å². The highest BCUT2D eigenvalue weighted by atomic mass is 19.1. The molecule has 0 aliphatic heterocycles. The van der Waals surface area contributed by atoms with Crippen molar-refractivity contribution in [2.75, 3.05) is 0 Å². The van der Waals surface area contributed by atoms with Crippen LogP contribution in [0.1, 0.15) is 16.8 Å². The van der Waals surface area contributed by atoms with Crippen molar-refractivity contribution in [2.45, 2.75) is 12.5 Å². The zero-order chi connectivity index (χ0) is 12.8. The molecule has 0 aliphatic rings. The van der Waals surface area contributed by atoms with E-state index in [2.05, 4.69) is 11.2 Å². The van der Waals surface area contributed by atoms with Gasteiger partial charge in [-0.05, 0) is 12.1 Å². The molecule has 0 unspecified atom stereocenters. The van der Waals surface area contributed by atoms with Crippen LogP contribution < -0.4 is 11.1 Å². The molecule has 0 fully saturated rings. The number of amides is 2. The second kappa shape index (κ2) is 5.66. The molecule has 0 heterocycles. The van der Waals surface area contributed by atoms with E-state index in [0.29, 0.717) is 0 Å². The molecule has 0 aliphatic carbocycles. The predicted octanol–water partition coefficient (Wildman–Crippen LogP) is 0.433. The average Bonchev–Trinajstić information content (AvgIpc) is 2.28. The van der Waals surface area contributed by atoms with Gasteiger partial charge in [-0.1, -0.05) is 12.1 Å². The van der Waals surface area contributed by atoms with Crippen LogP contribution in [0.2, 0.25) is 0 Å².